The van der Waals surface area contributed by atoms with Crippen LogP contribution in [-0.2, 0) is 4.79 Å². The lowest BCUT2D eigenvalue weighted by Gasteiger charge is -1.99. The molecule has 0 aliphatic rings. The molecule has 0 spiro atoms. The van der Waals surface area contributed by atoms with Crippen LogP contribution in [-0.4, -0.2) is 11.0 Å². The van der Waals surface area contributed by atoms with Crippen LogP contribution in [0.25, 0.3) is 0 Å². The fourth-order valence-corrected chi connectivity index (χ4v) is 1.02. The predicted octanol–water partition coefficient (Wildman–Crippen LogP) is 3.00. The van der Waals surface area contributed by atoms with Gasteiger partial charge in [-0.3, -0.25) is 10.2 Å². The van der Waals surface area contributed by atoms with Gasteiger partial charge in [0.1, 0.15) is 0 Å². The van der Waals surface area contributed by atoms with E-state index in [1.807, 2.05) is 24.3 Å². The molecule has 3 nitrogen and oxygen atoms in total. The monoisotopic (exact) mass is 274 g/mol. The SMILES string of the molecule is CC(=O)/C(Cl)=N/Nc1ccc(Br)cc1. The van der Waals surface area contributed by atoms with Gasteiger partial charge in [0.2, 0.25) is 0 Å². The topological polar surface area (TPSA) is 41.5 Å². The lowest BCUT2D eigenvalue weighted by Crippen LogP contribution is -2.04. The molecule has 0 radical (unpaired) electrons. The number of carbonyl (C=O) groups is 1. The van der Waals surface area contributed by atoms with Crippen LogP contribution in [0.4, 0.5) is 5.69 Å². The molecule has 5 heteroatoms. The van der Waals surface area contributed by atoms with Crippen molar-refractivity contribution in [2.75, 3.05) is 5.43 Å². The number of nitrogens with zero attached hydrogens (tertiary/aromatic N) is 1. The molecule has 0 unspecified atom stereocenters. The zero-order valence-corrected chi connectivity index (χ0v) is 9.76. The Labute approximate surface area is 95.3 Å². The number of hydrogen-bond acceptors (Lipinski definition) is 3. The molecule has 0 atom stereocenters. The van der Waals surface area contributed by atoms with Crippen molar-refractivity contribution in [2.45, 2.75) is 6.92 Å². The van der Waals surface area contributed by atoms with Crippen LogP contribution in [0.5, 0.6) is 0 Å². The minimum Gasteiger partial charge on any atom is -0.292 e. The maximum Gasteiger partial charge on any atom is 0.191 e. The molecule has 0 aliphatic carbocycles. The summed E-state index contributed by atoms with van der Waals surface area (Å²) in [5.74, 6) is -0.267. The standard InChI is InChI=1S/C9H8BrClN2O/c1-6(14)9(11)13-12-8-4-2-7(10)3-5-8/h2-5,12H,1H3/b13-9-. The first kappa shape index (κ1) is 11.2. The Morgan fingerprint density at radius 3 is 2.50 bits per heavy atom. The molecule has 0 saturated carbocycles. The Morgan fingerprint density at radius 1 is 1.43 bits per heavy atom. The van der Waals surface area contributed by atoms with Crippen molar-refractivity contribution < 1.29 is 4.79 Å². The Kier molecular flexibility index (Phi) is 4.10. The van der Waals surface area contributed by atoms with E-state index in [9.17, 15) is 4.79 Å². The van der Waals surface area contributed by atoms with Gasteiger partial charge in [0.05, 0.1) is 5.69 Å². The molecule has 0 fully saturated rings. The number of halogens is 2. The van der Waals surface area contributed by atoms with E-state index >= 15 is 0 Å². The van der Waals surface area contributed by atoms with Gasteiger partial charge < -0.3 is 0 Å². The number of anilines is 1. The summed E-state index contributed by atoms with van der Waals surface area (Å²) in [5.41, 5.74) is 3.44. The van der Waals surface area contributed by atoms with Crippen molar-refractivity contribution >= 4 is 44.2 Å². The smallest absolute Gasteiger partial charge is 0.191 e. The van der Waals surface area contributed by atoms with Crippen LogP contribution in [0.3, 0.4) is 0 Å². The highest BCUT2D eigenvalue weighted by molar-refractivity contribution is 9.10. The maximum atomic E-state index is 10.7. The molecule has 74 valence electrons. The second-order valence-corrected chi connectivity index (χ2v) is 3.85. The molecular weight excluding hydrogens is 267 g/mol. The largest absolute Gasteiger partial charge is 0.292 e. The van der Waals surface area contributed by atoms with Gasteiger partial charge in [0.15, 0.2) is 11.0 Å². The summed E-state index contributed by atoms with van der Waals surface area (Å²) in [5, 5.41) is 3.63. The van der Waals surface area contributed by atoms with Gasteiger partial charge in [-0.05, 0) is 24.3 Å². The van der Waals surface area contributed by atoms with Crippen molar-refractivity contribution in [3.63, 3.8) is 0 Å². The average molecular weight is 276 g/mol. The third-order valence-electron chi connectivity index (χ3n) is 1.42. The molecule has 1 N–H and O–H groups in total. The highest BCUT2D eigenvalue weighted by Gasteiger charge is 1.99. The van der Waals surface area contributed by atoms with Gasteiger partial charge >= 0.3 is 0 Å². The first-order valence-corrected chi connectivity index (χ1v) is 5.02. The molecule has 0 heterocycles. The van der Waals surface area contributed by atoms with Gasteiger partial charge in [-0.25, -0.2) is 0 Å². The maximum absolute atomic E-state index is 10.7. The summed E-state index contributed by atoms with van der Waals surface area (Å²) >= 11 is 8.83. The summed E-state index contributed by atoms with van der Waals surface area (Å²) in [6, 6.07) is 7.36. The molecule has 0 aromatic heterocycles. The summed E-state index contributed by atoms with van der Waals surface area (Å²) in [6.45, 7) is 1.36. The summed E-state index contributed by atoms with van der Waals surface area (Å²) in [4.78, 5) is 10.7. The number of benzene rings is 1. The van der Waals surface area contributed by atoms with E-state index in [-0.39, 0.29) is 11.0 Å². The Bertz CT molecular complexity index is 362. The van der Waals surface area contributed by atoms with Crippen molar-refractivity contribution in [1.82, 2.24) is 0 Å². The zero-order valence-electron chi connectivity index (χ0n) is 7.42. The molecule has 1 aromatic carbocycles. The van der Waals surface area contributed by atoms with E-state index in [4.69, 9.17) is 11.6 Å². The molecular formula is C9H8BrClN2O. The molecule has 0 amide bonds. The minimum atomic E-state index is -0.267. The van der Waals surface area contributed by atoms with E-state index < -0.39 is 0 Å². The number of carbonyl (C=O) groups excluding carboxylic acids is 1. The summed E-state index contributed by atoms with van der Waals surface area (Å²) < 4.78 is 0.977. The van der Waals surface area contributed by atoms with Gasteiger partial charge in [0.25, 0.3) is 0 Å². The number of hydrogen-bond donors (Lipinski definition) is 1. The third kappa shape index (κ3) is 3.47. The Hall–Kier alpha value is -0.870. The normalized spacial score (nSPS) is 11.2. The highest BCUT2D eigenvalue weighted by atomic mass is 79.9. The average Bonchev–Trinajstić information content (AvgIpc) is 2.16. The molecule has 14 heavy (non-hydrogen) atoms. The van der Waals surface area contributed by atoms with Crippen molar-refractivity contribution in [2.24, 2.45) is 5.10 Å². The summed E-state index contributed by atoms with van der Waals surface area (Å²) in [7, 11) is 0. The molecule has 0 bridgehead atoms. The van der Waals surface area contributed by atoms with Gasteiger partial charge in [0, 0.05) is 11.4 Å². The molecule has 0 aliphatic heterocycles. The van der Waals surface area contributed by atoms with Crippen LogP contribution in [0.2, 0.25) is 0 Å². The van der Waals surface area contributed by atoms with E-state index in [0.717, 1.165) is 10.2 Å². The number of hydrazone groups is 1. The van der Waals surface area contributed by atoms with Crippen molar-refractivity contribution in [3.05, 3.63) is 28.7 Å². The van der Waals surface area contributed by atoms with Gasteiger partial charge in [-0.15, -0.1) is 0 Å². The molecule has 1 rings (SSSR count). The van der Waals surface area contributed by atoms with Gasteiger partial charge in [-0.1, -0.05) is 27.5 Å². The van der Waals surface area contributed by atoms with Crippen LogP contribution in [0.1, 0.15) is 6.92 Å². The van der Waals surface area contributed by atoms with Crippen LogP contribution in [0.15, 0.2) is 33.8 Å². The van der Waals surface area contributed by atoms with Crippen molar-refractivity contribution in [3.8, 4) is 0 Å². The minimum absolute atomic E-state index is 0.0621. The number of rotatable bonds is 3. The quantitative estimate of drug-likeness (QED) is 0.680. The van der Waals surface area contributed by atoms with Crippen LogP contribution < -0.4 is 5.43 Å². The first-order valence-electron chi connectivity index (χ1n) is 3.85. The van der Waals surface area contributed by atoms with E-state index in [1.165, 1.54) is 6.92 Å². The Morgan fingerprint density at radius 2 is 2.00 bits per heavy atom. The van der Waals surface area contributed by atoms with E-state index in [0.29, 0.717) is 0 Å². The molecule has 0 saturated heterocycles. The van der Waals surface area contributed by atoms with E-state index in [2.05, 4.69) is 26.5 Å². The second kappa shape index (κ2) is 5.12. The Balaban J connectivity index is 2.66. The molecule has 1 aromatic rings. The van der Waals surface area contributed by atoms with Gasteiger partial charge in [-0.2, -0.15) is 5.10 Å². The first-order chi connectivity index (χ1) is 6.59. The summed E-state index contributed by atoms with van der Waals surface area (Å²) in [6.07, 6.45) is 0. The lowest BCUT2D eigenvalue weighted by atomic mass is 10.3. The highest BCUT2D eigenvalue weighted by Crippen LogP contribution is 2.13. The van der Waals surface area contributed by atoms with Crippen LogP contribution >= 0.6 is 27.5 Å². The number of ketones is 1. The number of nitrogens with one attached hydrogen (secondary N) is 1. The lowest BCUT2D eigenvalue weighted by molar-refractivity contribution is -0.110. The predicted molar refractivity (Wildman–Crippen MR) is 61.7 cm³/mol. The fraction of sp³-hybridized carbons (Fsp3) is 0.111. The van der Waals surface area contributed by atoms with Crippen molar-refractivity contribution in [1.29, 1.82) is 0 Å². The van der Waals surface area contributed by atoms with Crippen LogP contribution in [0, 0.1) is 0 Å². The fourth-order valence-electron chi connectivity index (χ4n) is 0.717. The third-order valence-corrected chi connectivity index (χ3v) is 2.30. The zero-order chi connectivity index (χ0) is 10.6. The second-order valence-electron chi connectivity index (χ2n) is 2.58. The number of Topliss-reactive ketones (excluding diaryl/α,β-unsaturated/α-hetero) is 1. The van der Waals surface area contributed by atoms with E-state index in [1.54, 1.807) is 0 Å².